The van der Waals surface area contributed by atoms with Crippen molar-refractivity contribution < 1.29 is 35.5 Å². The molecule has 4 rings (SSSR count). The fourth-order valence-corrected chi connectivity index (χ4v) is 6.49. The largest absolute Gasteiger partial charge is 0.472 e. The molecule has 0 spiro atoms. The third-order valence-electron chi connectivity index (χ3n) is 6.81. The number of rotatable bonds is 8. The molecule has 0 atom stereocenters. The van der Waals surface area contributed by atoms with Crippen molar-refractivity contribution in [2.45, 2.75) is 52.5 Å². The normalized spacial score (nSPS) is 16.9. The Bertz CT molecular complexity index is 1550. The van der Waals surface area contributed by atoms with Crippen molar-refractivity contribution in [3.8, 4) is 11.6 Å². The van der Waals surface area contributed by atoms with E-state index in [0.29, 0.717) is 6.20 Å². The molecule has 8 nitrogen and oxygen atoms in total. The number of fused-ring (bicyclic) bond motifs is 1. The maximum absolute atomic E-state index is 15.3. The van der Waals surface area contributed by atoms with Crippen molar-refractivity contribution in [1.29, 1.82) is 0 Å². The molecule has 1 aliphatic heterocycles. The first-order chi connectivity index (χ1) is 17.7. The molecule has 206 valence electrons. The molecule has 3 heterocycles. The van der Waals surface area contributed by atoms with E-state index in [9.17, 15) is 31.2 Å². The lowest BCUT2D eigenvalue weighted by molar-refractivity contribution is 0.0795. The Morgan fingerprint density at radius 3 is 2.37 bits per heavy atom. The van der Waals surface area contributed by atoms with Gasteiger partial charge in [-0.05, 0) is 38.2 Å². The summed E-state index contributed by atoms with van der Waals surface area (Å²) >= 11 is 0. The van der Waals surface area contributed by atoms with E-state index in [-0.39, 0.29) is 58.9 Å². The number of halogens is 4. The van der Waals surface area contributed by atoms with Gasteiger partial charge in [0.25, 0.3) is 6.43 Å². The van der Waals surface area contributed by atoms with Crippen LogP contribution in [0, 0.1) is 17.0 Å². The maximum Gasteiger partial charge on any atom is 0.334 e. The summed E-state index contributed by atoms with van der Waals surface area (Å²) in [4.78, 5) is 30.2. The molecular weight excluding hydrogens is 530 g/mol. The minimum atomic E-state index is -3.16. The number of carbonyl (C=O) groups excluding carboxylic acids is 1. The topological polar surface area (TPSA) is 100 Å². The predicted octanol–water partition coefficient (Wildman–Crippen LogP) is 4.48. The fraction of sp³-hybridized carbons (Fsp3) is 0.480. The molecule has 0 radical (unpaired) electrons. The van der Waals surface area contributed by atoms with Crippen LogP contribution in [0.2, 0.25) is 0 Å². The lowest BCUT2D eigenvalue weighted by Crippen LogP contribution is -2.33. The first-order valence-electron chi connectivity index (χ1n) is 12.0. The number of sulfone groups is 1. The number of imidazole rings is 1. The monoisotopic (exact) mass is 557 g/mol. The molecule has 0 saturated carbocycles. The summed E-state index contributed by atoms with van der Waals surface area (Å²) in [5.41, 5.74) is -1.89. The summed E-state index contributed by atoms with van der Waals surface area (Å²) in [5.74, 6) is -2.90. The minimum Gasteiger partial charge on any atom is -0.472 e. The van der Waals surface area contributed by atoms with Crippen LogP contribution in [0.1, 0.15) is 56.4 Å². The molecule has 1 saturated heterocycles. The van der Waals surface area contributed by atoms with E-state index in [4.69, 9.17) is 4.74 Å². The molecule has 1 aromatic carbocycles. The van der Waals surface area contributed by atoms with Crippen LogP contribution in [0.3, 0.4) is 0 Å². The fourth-order valence-electron chi connectivity index (χ4n) is 4.68. The molecule has 1 fully saturated rings. The van der Waals surface area contributed by atoms with Gasteiger partial charge in [-0.15, -0.1) is 0 Å². The van der Waals surface area contributed by atoms with Gasteiger partial charge in [-0.1, -0.05) is 6.92 Å². The summed E-state index contributed by atoms with van der Waals surface area (Å²) in [6, 6.07) is 2.69. The second kappa shape index (κ2) is 10.2. The van der Waals surface area contributed by atoms with Crippen LogP contribution in [0.5, 0.6) is 5.88 Å². The summed E-state index contributed by atoms with van der Waals surface area (Å²) in [6.45, 7) is 4.15. The van der Waals surface area contributed by atoms with Crippen LogP contribution in [0.15, 0.2) is 29.2 Å². The Morgan fingerprint density at radius 1 is 1.11 bits per heavy atom. The minimum absolute atomic E-state index is 0.0439. The van der Waals surface area contributed by atoms with Gasteiger partial charge in [-0.2, -0.15) is 0 Å². The molecule has 0 aliphatic carbocycles. The van der Waals surface area contributed by atoms with Crippen molar-refractivity contribution >= 4 is 26.7 Å². The van der Waals surface area contributed by atoms with Crippen molar-refractivity contribution in [3.05, 3.63) is 52.1 Å². The van der Waals surface area contributed by atoms with Crippen LogP contribution in [-0.2, 0) is 9.84 Å². The number of ether oxygens (including phenoxy) is 1. The van der Waals surface area contributed by atoms with Crippen LogP contribution in [-0.4, -0.2) is 52.9 Å². The number of Topliss-reactive ketones (excluding diaryl/α,β-unsaturated/α-hetero) is 1. The number of benzene rings is 1. The van der Waals surface area contributed by atoms with E-state index in [1.54, 1.807) is 20.8 Å². The number of pyridine rings is 1. The van der Waals surface area contributed by atoms with Crippen LogP contribution in [0.4, 0.5) is 17.6 Å². The number of hydrogen-bond acceptors (Lipinski definition) is 6. The standard InChI is InChI=1S/C25H27F4N3O5S/c1-14(2)31-19-8-15(21(33)11-25(3)4-6-38(35,36)7-5-25)16(26)9-20(19)32(24(31)34)18-10-23(30-12-17(18)27)37-13-22(28)29/h8-10,12,14,22H,4-7,11,13H2,1-3H3. The highest BCUT2D eigenvalue weighted by Gasteiger charge is 2.36. The average molecular weight is 558 g/mol. The molecule has 3 aromatic rings. The second-order valence-electron chi connectivity index (χ2n) is 10.1. The Kier molecular flexibility index (Phi) is 7.43. The third kappa shape index (κ3) is 5.47. The highest BCUT2D eigenvalue weighted by Crippen LogP contribution is 2.37. The van der Waals surface area contributed by atoms with Crippen molar-refractivity contribution in [1.82, 2.24) is 14.1 Å². The first-order valence-corrected chi connectivity index (χ1v) is 13.8. The summed E-state index contributed by atoms with van der Waals surface area (Å²) in [5, 5.41) is 0. The highest BCUT2D eigenvalue weighted by atomic mass is 32.2. The maximum atomic E-state index is 15.3. The van der Waals surface area contributed by atoms with E-state index in [1.807, 2.05) is 0 Å². The molecule has 13 heteroatoms. The first kappa shape index (κ1) is 27.8. The molecule has 1 aliphatic rings. The molecule has 38 heavy (non-hydrogen) atoms. The number of nitrogens with zero attached hydrogens (tertiary/aromatic N) is 3. The van der Waals surface area contributed by atoms with Gasteiger partial charge in [-0.25, -0.2) is 35.8 Å². The zero-order valence-electron chi connectivity index (χ0n) is 21.0. The van der Waals surface area contributed by atoms with Crippen LogP contribution >= 0.6 is 0 Å². The van der Waals surface area contributed by atoms with Crippen LogP contribution in [0.25, 0.3) is 16.7 Å². The second-order valence-corrected chi connectivity index (χ2v) is 12.4. The van der Waals surface area contributed by atoms with Gasteiger partial charge < -0.3 is 4.74 Å². The van der Waals surface area contributed by atoms with E-state index in [2.05, 4.69) is 4.98 Å². The number of ketones is 1. The summed E-state index contributed by atoms with van der Waals surface area (Å²) in [7, 11) is -3.16. The van der Waals surface area contributed by atoms with Gasteiger partial charge in [-0.3, -0.25) is 13.9 Å². The summed E-state index contributed by atoms with van der Waals surface area (Å²) < 4.78 is 85.9. The number of carbonyl (C=O) groups is 1. The molecule has 0 amide bonds. The molecule has 0 N–H and O–H groups in total. The lowest BCUT2D eigenvalue weighted by Gasteiger charge is -2.32. The number of aromatic nitrogens is 3. The average Bonchev–Trinajstić information content (AvgIpc) is 3.11. The highest BCUT2D eigenvalue weighted by molar-refractivity contribution is 7.91. The van der Waals surface area contributed by atoms with Gasteiger partial charge in [0.2, 0.25) is 5.88 Å². The van der Waals surface area contributed by atoms with Gasteiger partial charge in [0, 0.05) is 24.6 Å². The molecule has 2 aromatic heterocycles. The predicted molar refractivity (Wildman–Crippen MR) is 132 cm³/mol. The Labute approximate surface area is 216 Å². The SMILES string of the molecule is CC(C)n1c(=O)n(-c2cc(OCC(F)F)ncc2F)c2cc(F)c(C(=O)CC3(C)CCS(=O)(=O)CC3)cc21. The molecule has 0 bridgehead atoms. The number of hydrogen-bond donors (Lipinski definition) is 0. The van der Waals surface area contributed by atoms with Gasteiger partial charge in [0.1, 0.15) is 15.7 Å². The van der Waals surface area contributed by atoms with Gasteiger partial charge >= 0.3 is 5.69 Å². The van der Waals surface area contributed by atoms with Crippen molar-refractivity contribution in [3.63, 3.8) is 0 Å². The molecule has 0 unspecified atom stereocenters. The van der Waals surface area contributed by atoms with Crippen LogP contribution < -0.4 is 10.4 Å². The Morgan fingerprint density at radius 2 is 1.76 bits per heavy atom. The van der Waals surface area contributed by atoms with E-state index in [1.165, 1.54) is 10.6 Å². The van der Waals surface area contributed by atoms with E-state index >= 15 is 4.39 Å². The number of alkyl halides is 2. The van der Waals surface area contributed by atoms with Gasteiger partial charge in [0.15, 0.2) is 18.2 Å². The van der Waals surface area contributed by atoms with E-state index in [0.717, 1.165) is 16.7 Å². The van der Waals surface area contributed by atoms with E-state index < -0.39 is 57.4 Å². The summed E-state index contributed by atoms with van der Waals surface area (Å²) in [6.07, 6.45) is -1.63. The smallest absolute Gasteiger partial charge is 0.334 e. The molecular formula is C25H27F4N3O5S. The third-order valence-corrected chi connectivity index (χ3v) is 8.46. The Balaban J connectivity index is 1.80. The lowest BCUT2D eigenvalue weighted by atomic mass is 9.78. The zero-order chi connectivity index (χ0) is 28.0. The Hall–Kier alpha value is -3.22. The zero-order valence-corrected chi connectivity index (χ0v) is 21.8. The van der Waals surface area contributed by atoms with Gasteiger partial charge in [0.05, 0.1) is 40.0 Å². The van der Waals surface area contributed by atoms with Crippen molar-refractivity contribution in [2.24, 2.45) is 5.41 Å². The van der Waals surface area contributed by atoms with Crippen molar-refractivity contribution in [2.75, 3.05) is 18.1 Å². The quantitative estimate of drug-likeness (QED) is 0.299.